The molecule has 1 aliphatic heterocycles. The van der Waals surface area contributed by atoms with Crippen LogP contribution in [0.2, 0.25) is 0 Å². The molecule has 0 bridgehead atoms. The fraction of sp³-hybridized carbons (Fsp3) is 0.542. The van der Waals surface area contributed by atoms with Crippen LogP contribution >= 0.6 is 11.3 Å². The normalized spacial score (nSPS) is 14.2. The molecule has 1 aliphatic rings. The van der Waals surface area contributed by atoms with Crippen LogP contribution in [-0.2, 0) is 9.53 Å². The fourth-order valence-electron chi connectivity index (χ4n) is 3.41. The first-order chi connectivity index (χ1) is 16.0. The number of anilines is 1. The third kappa shape index (κ3) is 7.80. The fourth-order valence-corrected chi connectivity index (χ4v) is 4.24. The van der Waals surface area contributed by atoms with Gasteiger partial charge in [-0.2, -0.15) is 0 Å². The maximum Gasteiger partial charge on any atom is 0.254 e. The molecule has 2 amide bonds. The summed E-state index contributed by atoms with van der Waals surface area (Å²) in [7, 11) is 0. The van der Waals surface area contributed by atoms with E-state index in [1.54, 1.807) is 17.0 Å². The van der Waals surface area contributed by atoms with Crippen LogP contribution in [0.5, 0.6) is 5.75 Å². The number of amides is 2. The van der Waals surface area contributed by atoms with Crippen LogP contribution in [0, 0.1) is 13.8 Å². The molecular weight excluding hydrogens is 440 g/mol. The molecule has 1 fully saturated rings. The number of rotatable bonds is 11. The maximum atomic E-state index is 13.3. The molecule has 180 valence electrons. The molecule has 1 N–H and O–H groups in total. The van der Waals surface area contributed by atoms with Crippen molar-refractivity contribution < 1.29 is 19.1 Å². The Morgan fingerprint density at radius 3 is 2.58 bits per heavy atom. The van der Waals surface area contributed by atoms with Crippen molar-refractivity contribution in [3.63, 3.8) is 0 Å². The first kappa shape index (κ1) is 25.1. The van der Waals surface area contributed by atoms with Crippen molar-refractivity contribution in [2.24, 2.45) is 0 Å². The highest BCUT2D eigenvalue weighted by Gasteiger charge is 2.21. The van der Waals surface area contributed by atoms with Crippen LogP contribution in [0.3, 0.4) is 0 Å². The lowest BCUT2D eigenvalue weighted by Gasteiger charge is -2.30. The molecule has 8 nitrogen and oxygen atoms in total. The minimum atomic E-state index is -0.251. The van der Waals surface area contributed by atoms with Crippen LogP contribution in [0.1, 0.15) is 40.7 Å². The molecule has 2 aromatic rings. The van der Waals surface area contributed by atoms with E-state index in [1.165, 1.54) is 11.3 Å². The number of hydrogen-bond acceptors (Lipinski definition) is 7. The standard InChI is InChI=1S/C24H34N4O4S/c1-4-5-14-32-21-8-6-20(7-9-21)23(30)28(11-10-27-12-15-31-16-13-27)17-22(29)26-24-25-18(2)19(3)33-24/h6-9H,4-5,10-17H2,1-3H3,(H,25,26,29). The van der Waals surface area contributed by atoms with Gasteiger partial charge in [-0.25, -0.2) is 4.98 Å². The zero-order valence-electron chi connectivity index (χ0n) is 19.8. The largest absolute Gasteiger partial charge is 0.494 e. The van der Waals surface area contributed by atoms with Gasteiger partial charge in [0.2, 0.25) is 5.91 Å². The van der Waals surface area contributed by atoms with Crippen molar-refractivity contribution in [3.8, 4) is 5.75 Å². The third-order valence-electron chi connectivity index (χ3n) is 5.55. The van der Waals surface area contributed by atoms with Crippen molar-refractivity contribution in [1.29, 1.82) is 0 Å². The third-order valence-corrected chi connectivity index (χ3v) is 6.54. The van der Waals surface area contributed by atoms with E-state index in [-0.39, 0.29) is 18.4 Å². The average Bonchev–Trinajstić information content (AvgIpc) is 3.13. The Hall–Kier alpha value is -2.49. The van der Waals surface area contributed by atoms with Gasteiger partial charge in [0, 0.05) is 36.6 Å². The molecule has 0 spiro atoms. The van der Waals surface area contributed by atoms with Crippen molar-refractivity contribution in [3.05, 3.63) is 40.4 Å². The van der Waals surface area contributed by atoms with Gasteiger partial charge in [-0.3, -0.25) is 14.5 Å². The highest BCUT2D eigenvalue weighted by molar-refractivity contribution is 7.15. The molecule has 0 saturated carbocycles. The van der Waals surface area contributed by atoms with Gasteiger partial charge >= 0.3 is 0 Å². The number of unbranched alkanes of at least 4 members (excludes halogenated alkanes) is 1. The van der Waals surface area contributed by atoms with Gasteiger partial charge in [0.1, 0.15) is 12.3 Å². The number of thiazole rings is 1. The topological polar surface area (TPSA) is 84.0 Å². The van der Waals surface area contributed by atoms with E-state index in [0.29, 0.717) is 43.6 Å². The summed E-state index contributed by atoms with van der Waals surface area (Å²) in [6.07, 6.45) is 2.06. The number of benzene rings is 1. The lowest BCUT2D eigenvalue weighted by Crippen LogP contribution is -2.45. The van der Waals surface area contributed by atoms with E-state index in [0.717, 1.165) is 42.3 Å². The lowest BCUT2D eigenvalue weighted by atomic mass is 10.2. The summed E-state index contributed by atoms with van der Waals surface area (Å²) in [4.78, 5) is 35.3. The van der Waals surface area contributed by atoms with Crippen LogP contribution < -0.4 is 10.1 Å². The molecule has 1 saturated heterocycles. The summed E-state index contributed by atoms with van der Waals surface area (Å²) < 4.78 is 11.1. The predicted molar refractivity (Wildman–Crippen MR) is 130 cm³/mol. The van der Waals surface area contributed by atoms with Crippen molar-refractivity contribution >= 4 is 28.3 Å². The second-order valence-corrected chi connectivity index (χ2v) is 9.32. The Morgan fingerprint density at radius 1 is 1.21 bits per heavy atom. The summed E-state index contributed by atoms with van der Waals surface area (Å²) in [6, 6.07) is 7.14. The van der Waals surface area contributed by atoms with Crippen LogP contribution in [0.25, 0.3) is 0 Å². The van der Waals surface area contributed by atoms with Crippen molar-refractivity contribution in [1.82, 2.24) is 14.8 Å². The number of morpholine rings is 1. The van der Waals surface area contributed by atoms with E-state index >= 15 is 0 Å². The number of aryl methyl sites for hydroxylation is 2. The Labute approximate surface area is 199 Å². The summed E-state index contributed by atoms with van der Waals surface area (Å²) in [5.41, 5.74) is 1.44. The molecule has 0 radical (unpaired) electrons. The van der Waals surface area contributed by atoms with Gasteiger partial charge in [-0.15, -0.1) is 11.3 Å². The number of carbonyl (C=O) groups excluding carboxylic acids is 2. The van der Waals surface area contributed by atoms with Gasteiger partial charge in [0.05, 0.1) is 25.5 Å². The Kier molecular flexibility index (Phi) is 9.65. The molecule has 33 heavy (non-hydrogen) atoms. The van der Waals surface area contributed by atoms with Gasteiger partial charge in [-0.05, 0) is 44.5 Å². The number of carbonyl (C=O) groups is 2. The molecular formula is C24H34N4O4S. The molecule has 0 aliphatic carbocycles. The van der Waals surface area contributed by atoms with E-state index in [2.05, 4.69) is 22.1 Å². The first-order valence-corrected chi connectivity index (χ1v) is 12.3. The molecule has 2 heterocycles. The molecule has 1 aromatic heterocycles. The van der Waals surface area contributed by atoms with E-state index < -0.39 is 0 Å². The minimum absolute atomic E-state index is 0.0321. The second kappa shape index (κ2) is 12.7. The number of aromatic nitrogens is 1. The molecule has 3 rings (SSSR count). The highest BCUT2D eigenvalue weighted by atomic mass is 32.1. The van der Waals surface area contributed by atoms with Crippen LogP contribution in [0.15, 0.2) is 24.3 Å². The molecule has 0 unspecified atom stereocenters. The number of nitrogens with zero attached hydrogens (tertiary/aromatic N) is 3. The maximum absolute atomic E-state index is 13.3. The zero-order chi connectivity index (χ0) is 23.6. The van der Waals surface area contributed by atoms with E-state index in [9.17, 15) is 9.59 Å². The SMILES string of the molecule is CCCCOc1ccc(C(=O)N(CCN2CCOCC2)CC(=O)Nc2nc(C)c(C)s2)cc1. The number of nitrogens with one attached hydrogen (secondary N) is 1. The zero-order valence-corrected chi connectivity index (χ0v) is 20.6. The van der Waals surface area contributed by atoms with Gasteiger partial charge in [0.25, 0.3) is 5.91 Å². The van der Waals surface area contributed by atoms with Gasteiger partial charge < -0.3 is 19.7 Å². The average molecular weight is 475 g/mol. The first-order valence-electron chi connectivity index (χ1n) is 11.5. The minimum Gasteiger partial charge on any atom is -0.494 e. The van der Waals surface area contributed by atoms with Crippen molar-refractivity contribution in [2.75, 3.05) is 57.9 Å². The number of hydrogen-bond donors (Lipinski definition) is 1. The lowest BCUT2D eigenvalue weighted by molar-refractivity contribution is -0.117. The Bertz CT molecular complexity index is 890. The monoisotopic (exact) mass is 474 g/mol. The predicted octanol–water partition coefficient (Wildman–Crippen LogP) is 3.35. The summed E-state index contributed by atoms with van der Waals surface area (Å²) in [5.74, 6) is 0.315. The smallest absolute Gasteiger partial charge is 0.254 e. The second-order valence-electron chi connectivity index (χ2n) is 8.12. The van der Waals surface area contributed by atoms with Gasteiger partial charge in [0.15, 0.2) is 5.13 Å². The van der Waals surface area contributed by atoms with E-state index in [1.807, 2.05) is 26.0 Å². The molecule has 0 atom stereocenters. The summed E-state index contributed by atoms with van der Waals surface area (Å²) >= 11 is 1.44. The highest BCUT2D eigenvalue weighted by Crippen LogP contribution is 2.21. The molecule has 1 aromatic carbocycles. The Morgan fingerprint density at radius 2 is 1.94 bits per heavy atom. The number of ether oxygens (including phenoxy) is 2. The quantitative estimate of drug-likeness (QED) is 0.503. The summed E-state index contributed by atoms with van der Waals surface area (Å²) in [5, 5.41) is 3.40. The van der Waals surface area contributed by atoms with Crippen molar-refractivity contribution in [2.45, 2.75) is 33.6 Å². The van der Waals surface area contributed by atoms with Crippen LogP contribution in [-0.4, -0.2) is 79.1 Å². The summed E-state index contributed by atoms with van der Waals surface area (Å²) in [6.45, 7) is 10.8. The molecule has 9 heteroatoms. The van der Waals surface area contributed by atoms with Gasteiger partial charge in [-0.1, -0.05) is 13.3 Å². The van der Waals surface area contributed by atoms with Crippen LogP contribution in [0.4, 0.5) is 5.13 Å². The van der Waals surface area contributed by atoms with E-state index in [4.69, 9.17) is 9.47 Å². The Balaban J connectivity index is 1.65.